The van der Waals surface area contributed by atoms with Gasteiger partial charge in [0.25, 0.3) is 0 Å². The summed E-state index contributed by atoms with van der Waals surface area (Å²) in [5.41, 5.74) is 0. The minimum atomic E-state index is -0.0920. The molecule has 0 fully saturated rings. The highest BCUT2D eigenvalue weighted by molar-refractivity contribution is 5.85. The van der Waals surface area contributed by atoms with E-state index >= 15 is 0 Å². The lowest BCUT2D eigenvalue weighted by atomic mass is 10.3. The Hall–Kier alpha value is -1.46. The molecule has 114 valence electrons. The van der Waals surface area contributed by atoms with E-state index in [2.05, 4.69) is 10.6 Å². The van der Waals surface area contributed by atoms with E-state index in [4.69, 9.17) is 9.47 Å². The topological polar surface area (TPSA) is 59.6 Å². The molecular formula is C14H23ClN2O3. The largest absolute Gasteiger partial charge is 0.497 e. The van der Waals surface area contributed by atoms with Crippen LogP contribution in [0.25, 0.3) is 0 Å². The maximum atomic E-state index is 11.4. The van der Waals surface area contributed by atoms with Crippen molar-refractivity contribution < 1.29 is 14.3 Å². The van der Waals surface area contributed by atoms with Gasteiger partial charge in [-0.1, -0.05) is 6.07 Å². The lowest BCUT2D eigenvalue weighted by Crippen LogP contribution is -2.34. The van der Waals surface area contributed by atoms with Crippen LogP contribution in [0.5, 0.6) is 11.5 Å². The Morgan fingerprint density at radius 1 is 1.35 bits per heavy atom. The van der Waals surface area contributed by atoms with E-state index in [-0.39, 0.29) is 24.4 Å². The van der Waals surface area contributed by atoms with Crippen LogP contribution in [0.4, 0.5) is 0 Å². The molecule has 2 N–H and O–H groups in total. The number of hydrogen-bond donors (Lipinski definition) is 2. The van der Waals surface area contributed by atoms with E-state index in [0.29, 0.717) is 19.5 Å². The molecule has 0 aliphatic rings. The Labute approximate surface area is 126 Å². The summed E-state index contributed by atoms with van der Waals surface area (Å²) < 4.78 is 10.8. The van der Waals surface area contributed by atoms with Gasteiger partial charge in [-0.15, -0.1) is 12.4 Å². The SMILES string of the molecule is CNCCC(=O)NCC(C)Oc1cccc(OC)c1.Cl. The maximum absolute atomic E-state index is 11.4. The van der Waals surface area contributed by atoms with Gasteiger partial charge in [0.15, 0.2) is 0 Å². The molecule has 0 bridgehead atoms. The number of rotatable bonds is 8. The monoisotopic (exact) mass is 302 g/mol. The van der Waals surface area contributed by atoms with Crippen molar-refractivity contribution in [3.63, 3.8) is 0 Å². The molecule has 0 radical (unpaired) electrons. The third kappa shape index (κ3) is 7.21. The molecule has 1 atom stereocenters. The van der Waals surface area contributed by atoms with Crippen LogP contribution in [0, 0.1) is 0 Å². The van der Waals surface area contributed by atoms with Crippen LogP contribution in [-0.2, 0) is 4.79 Å². The van der Waals surface area contributed by atoms with Crippen LogP contribution in [0.15, 0.2) is 24.3 Å². The molecule has 1 unspecified atom stereocenters. The molecule has 0 aliphatic heterocycles. The van der Waals surface area contributed by atoms with Gasteiger partial charge in [0.2, 0.25) is 5.91 Å². The first kappa shape index (κ1) is 18.5. The molecule has 6 heteroatoms. The highest BCUT2D eigenvalue weighted by atomic mass is 35.5. The van der Waals surface area contributed by atoms with E-state index in [9.17, 15) is 4.79 Å². The van der Waals surface area contributed by atoms with Gasteiger partial charge in [-0.25, -0.2) is 0 Å². The summed E-state index contributed by atoms with van der Waals surface area (Å²) in [7, 11) is 3.44. The number of methoxy groups -OCH3 is 1. The highest BCUT2D eigenvalue weighted by Gasteiger charge is 2.07. The Bertz CT molecular complexity index is 402. The van der Waals surface area contributed by atoms with E-state index < -0.39 is 0 Å². The number of amides is 1. The number of halogens is 1. The number of nitrogens with one attached hydrogen (secondary N) is 2. The van der Waals surface area contributed by atoms with Gasteiger partial charge in [0.05, 0.1) is 13.7 Å². The highest BCUT2D eigenvalue weighted by Crippen LogP contribution is 2.19. The zero-order valence-corrected chi connectivity index (χ0v) is 13.0. The second-order valence-electron chi connectivity index (χ2n) is 4.27. The van der Waals surface area contributed by atoms with Crippen LogP contribution in [0.1, 0.15) is 13.3 Å². The van der Waals surface area contributed by atoms with Crippen LogP contribution in [0.2, 0.25) is 0 Å². The van der Waals surface area contributed by atoms with Gasteiger partial charge in [-0.2, -0.15) is 0 Å². The van der Waals surface area contributed by atoms with Crippen molar-refractivity contribution >= 4 is 18.3 Å². The quantitative estimate of drug-likeness (QED) is 0.766. The predicted molar refractivity (Wildman–Crippen MR) is 81.9 cm³/mol. The summed E-state index contributed by atoms with van der Waals surface area (Å²) in [4.78, 5) is 11.4. The second kappa shape index (κ2) is 10.3. The lowest BCUT2D eigenvalue weighted by molar-refractivity contribution is -0.121. The molecule has 1 rings (SSSR count). The van der Waals surface area contributed by atoms with Crippen molar-refractivity contribution in [3.8, 4) is 11.5 Å². The molecule has 0 spiro atoms. The standard InChI is InChI=1S/C14H22N2O3.ClH/c1-11(10-16-14(17)7-8-15-2)19-13-6-4-5-12(9-13)18-3;/h4-6,9,11,15H,7-8,10H2,1-3H3,(H,16,17);1H. The van der Waals surface area contributed by atoms with Gasteiger partial charge < -0.3 is 20.1 Å². The first-order valence-electron chi connectivity index (χ1n) is 6.37. The van der Waals surface area contributed by atoms with Crippen molar-refractivity contribution in [3.05, 3.63) is 24.3 Å². The van der Waals surface area contributed by atoms with E-state index in [0.717, 1.165) is 11.5 Å². The van der Waals surface area contributed by atoms with Crippen molar-refractivity contribution in [2.75, 3.05) is 27.2 Å². The number of benzene rings is 1. The number of carbonyl (C=O) groups is 1. The van der Waals surface area contributed by atoms with Crippen LogP contribution in [-0.4, -0.2) is 39.3 Å². The molecule has 1 aromatic carbocycles. The van der Waals surface area contributed by atoms with E-state index in [1.54, 1.807) is 7.11 Å². The maximum Gasteiger partial charge on any atom is 0.221 e. The zero-order chi connectivity index (χ0) is 14.1. The molecule has 0 aromatic heterocycles. The molecule has 20 heavy (non-hydrogen) atoms. The van der Waals surface area contributed by atoms with Gasteiger partial charge in [0.1, 0.15) is 17.6 Å². The Morgan fingerprint density at radius 3 is 2.70 bits per heavy atom. The normalized spacial score (nSPS) is 11.2. The molecular weight excluding hydrogens is 280 g/mol. The molecule has 0 saturated heterocycles. The number of carbonyl (C=O) groups excluding carboxylic acids is 1. The predicted octanol–water partition coefficient (Wildman–Crippen LogP) is 1.61. The number of ether oxygens (including phenoxy) is 2. The van der Waals surface area contributed by atoms with Gasteiger partial charge >= 0.3 is 0 Å². The van der Waals surface area contributed by atoms with Crippen LogP contribution in [0.3, 0.4) is 0 Å². The third-order valence-corrected chi connectivity index (χ3v) is 2.57. The summed E-state index contributed by atoms with van der Waals surface area (Å²) >= 11 is 0. The summed E-state index contributed by atoms with van der Waals surface area (Å²) in [6.07, 6.45) is 0.383. The van der Waals surface area contributed by atoms with E-state index in [1.807, 2.05) is 38.2 Å². The average molecular weight is 303 g/mol. The number of hydrogen-bond acceptors (Lipinski definition) is 4. The average Bonchev–Trinajstić information content (AvgIpc) is 2.43. The second-order valence-corrected chi connectivity index (χ2v) is 4.27. The third-order valence-electron chi connectivity index (χ3n) is 2.57. The Kier molecular flexibility index (Phi) is 9.59. The minimum absolute atomic E-state index is 0. The van der Waals surface area contributed by atoms with Crippen molar-refractivity contribution in [2.45, 2.75) is 19.4 Å². The minimum Gasteiger partial charge on any atom is -0.497 e. The summed E-state index contributed by atoms with van der Waals surface area (Å²) in [5, 5.41) is 5.76. The summed E-state index contributed by atoms with van der Waals surface area (Å²) in [6, 6.07) is 7.41. The first-order chi connectivity index (χ1) is 9.15. The molecule has 1 aromatic rings. The first-order valence-corrected chi connectivity index (χ1v) is 6.37. The smallest absolute Gasteiger partial charge is 0.221 e. The Morgan fingerprint density at radius 2 is 2.05 bits per heavy atom. The van der Waals surface area contributed by atoms with Gasteiger partial charge in [0, 0.05) is 19.0 Å². The van der Waals surface area contributed by atoms with Crippen molar-refractivity contribution in [2.24, 2.45) is 0 Å². The van der Waals surface area contributed by atoms with E-state index in [1.165, 1.54) is 0 Å². The fourth-order valence-electron chi connectivity index (χ4n) is 1.53. The fraction of sp³-hybridized carbons (Fsp3) is 0.500. The fourth-order valence-corrected chi connectivity index (χ4v) is 1.53. The van der Waals surface area contributed by atoms with Crippen molar-refractivity contribution in [1.82, 2.24) is 10.6 Å². The Balaban J connectivity index is 0.00000361. The summed E-state index contributed by atoms with van der Waals surface area (Å²) in [6.45, 7) is 3.08. The van der Waals surface area contributed by atoms with Crippen LogP contribution < -0.4 is 20.1 Å². The van der Waals surface area contributed by atoms with Crippen LogP contribution >= 0.6 is 12.4 Å². The lowest BCUT2D eigenvalue weighted by Gasteiger charge is -2.16. The van der Waals surface area contributed by atoms with Gasteiger partial charge in [-0.3, -0.25) is 4.79 Å². The van der Waals surface area contributed by atoms with Gasteiger partial charge in [-0.05, 0) is 26.1 Å². The molecule has 0 heterocycles. The molecule has 1 amide bonds. The van der Waals surface area contributed by atoms with Crippen molar-refractivity contribution in [1.29, 1.82) is 0 Å². The summed E-state index contributed by atoms with van der Waals surface area (Å²) in [5.74, 6) is 1.51. The molecule has 0 saturated carbocycles. The molecule has 0 aliphatic carbocycles. The molecule has 5 nitrogen and oxygen atoms in total. The zero-order valence-electron chi connectivity index (χ0n) is 12.1.